The number of sulfonamides is 1. The second-order valence-electron chi connectivity index (χ2n) is 9.09. The average molecular weight is 478 g/mol. The molecular formula is C26H27N3O4S. The molecule has 0 fully saturated rings. The second-order valence-corrected chi connectivity index (χ2v) is 10.7. The first-order valence-electron chi connectivity index (χ1n) is 10.8. The van der Waals surface area contributed by atoms with E-state index in [0.717, 1.165) is 22.2 Å². The van der Waals surface area contributed by atoms with Gasteiger partial charge in [-0.2, -0.15) is 0 Å². The Morgan fingerprint density at radius 1 is 1.06 bits per heavy atom. The zero-order valence-corrected chi connectivity index (χ0v) is 20.4. The molecule has 176 valence electrons. The third-order valence-electron chi connectivity index (χ3n) is 5.64. The zero-order valence-electron chi connectivity index (χ0n) is 19.6. The molecule has 2 aromatic heterocycles. The summed E-state index contributed by atoms with van der Waals surface area (Å²) in [5.41, 5.74) is 2.63. The first kappa shape index (κ1) is 23.5. The van der Waals surface area contributed by atoms with Gasteiger partial charge in [-0.05, 0) is 59.5 Å². The van der Waals surface area contributed by atoms with Crippen molar-refractivity contribution < 1.29 is 17.9 Å². The Balaban J connectivity index is 1.60. The number of ether oxygens (including phenoxy) is 1. The summed E-state index contributed by atoms with van der Waals surface area (Å²) < 4.78 is 35.7. The maximum atomic E-state index is 13.1. The molecule has 0 unspecified atom stereocenters. The fraction of sp³-hybridized carbons (Fsp3) is 0.231. The van der Waals surface area contributed by atoms with Gasteiger partial charge in [0.1, 0.15) is 10.6 Å². The van der Waals surface area contributed by atoms with Crippen molar-refractivity contribution in [2.75, 3.05) is 7.11 Å². The van der Waals surface area contributed by atoms with Crippen LogP contribution in [0.1, 0.15) is 42.4 Å². The molecule has 34 heavy (non-hydrogen) atoms. The second kappa shape index (κ2) is 8.95. The van der Waals surface area contributed by atoms with Crippen LogP contribution in [0, 0.1) is 0 Å². The molecule has 0 radical (unpaired) electrons. The van der Waals surface area contributed by atoms with Gasteiger partial charge >= 0.3 is 0 Å². The molecule has 0 saturated heterocycles. The van der Waals surface area contributed by atoms with Crippen LogP contribution in [0.25, 0.3) is 10.9 Å². The largest absolute Gasteiger partial charge is 0.495 e. The number of aromatic nitrogens is 2. The number of carbonyl (C=O) groups excluding carboxylic acids is 1. The van der Waals surface area contributed by atoms with E-state index in [1.807, 2.05) is 61.9 Å². The van der Waals surface area contributed by atoms with Crippen molar-refractivity contribution in [3.8, 4) is 5.75 Å². The molecule has 1 N–H and O–H groups in total. The summed E-state index contributed by atoms with van der Waals surface area (Å²) in [6, 6.07) is 17.7. The molecule has 7 nitrogen and oxygen atoms in total. The van der Waals surface area contributed by atoms with E-state index < -0.39 is 15.9 Å². The molecule has 0 aliphatic heterocycles. The van der Waals surface area contributed by atoms with E-state index in [1.165, 1.54) is 7.11 Å². The number of hydrogen-bond acceptors (Lipinski definition) is 5. The third-order valence-corrected chi connectivity index (χ3v) is 6.99. The van der Waals surface area contributed by atoms with Gasteiger partial charge in [0, 0.05) is 28.9 Å². The summed E-state index contributed by atoms with van der Waals surface area (Å²) in [6.45, 7) is 6.55. The van der Waals surface area contributed by atoms with Crippen molar-refractivity contribution in [3.05, 3.63) is 89.9 Å². The summed E-state index contributed by atoms with van der Waals surface area (Å²) in [4.78, 5) is 17.2. The molecule has 0 atom stereocenters. The number of benzene rings is 2. The topological polar surface area (TPSA) is 90.3 Å². The number of nitrogens with one attached hydrogen (secondary N) is 1. The molecule has 0 aliphatic rings. The molecule has 2 heterocycles. The maximum Gasteiger partial charge on any atom is 0.268 e. The number of fused-ring (bicyclic) bond motifs is 1. The summed E-state index contributed by atoms with van der Waals surface area (Å²) in [6.07, 6.45) is 3.66. The van der Waals surface area contributed by atoms with Crippen LogP contribution in [-0.4, -0.2) is 31.0 Å². The Kier molecular flexibility index (Phi) is 6.18. The van der Waals surface area contributed by atoms with Crippen molar-refractivity contribution in [2.45, 2.75) is 37.6 Å². The van der Waals surface area contributed by atoms with Crippen LogP contribution in [0.4, 0.5) is 0 Å². The first-order chi connectivity index (χ1) is 16.1. The highest BCUT2D eigenvalue weighted by Gasteiger charge is 2.26. The Morgan fingerprint density at radius 3 is 2.53 bits per heavy atom. The number of amides is 1. The maximum absolute atomic E-state index is 13.1. The first-order valence-corrected chi connectivity index (χ1v) is 12.3. The molecule has 0 aliphatic carbocycles. The lowest BCUT2D eigenvalue weighted by Crippen LogP contribution is -2.31. The summed E-state index contributed by atoms with van der Waals surface area (Å²) in [5, 5.41) is 0.827. The monoisotopic (exact) mass is 477 g/mol. The number of carbonyl (C=O) groups is 1. The van der Waals surface area contributed by atoms with Gasteiger partial charge in [0.25, 0.3) is 15.9 Å². The van der Waals surface area contributed by atoms with E-state index >= 15 is 0 Å². The molecule has 0 bridgehead atoms. The molecule has 1 amide bonds. The molecule has 8 heteroatoms. The standard InChI is InChI=1S/C26H27N3O4S/c1-26(2,3)20-9-11-23(33-4)24(16-20)34(31,32)28-25(30)19-8-10-22-18(15-19)12-14-29(22)17-21-7-5-6-13-27-21/h5-16H,17H2,1-4H3,(H,28,30). The highest BCUT2D eigenvalue weighted by Crippen LogP contribution is 2.31. The van der Waals surface area contributed by atoms with E-state index in [-0.39, 0.29) is 21.6 Å². The highest BCUT2D eigenvalue weighted by atomic mass is 32.2. The van der Waals surface area contributed by atoms with Crippen LogP contribution >= 0.6 is 0 Å². The van der Waals surface area contributed by atoms with E-state index in [9.17, 15) is 13.2 Å². The minimum absolute atomic E-state index is 0.0710. The summed E-state index contributed by atoms with van der Waals surface area (Å²) in [5.74, 6) is -0.530. The average Bonchev–Trinajstić information content (AvgIpc) is 3.20. The van der Waals surface area contributed by atoms with Crippen LogP contribution in [0.2, 0.25) is 0 Å². The SMILES string of the molecule is COc1ccc(C(C)(C)C)cc1S(=O)(=O)NC(=O)c1ccc2c(ccn2Cc2ccccn2)c1. The highest BCUT2D eigenvalue weighted by molar-refractivity contribution is 7.90. The van der Waals surface area contributed by atoms with Crippen LogP contribution in [0.3, 0.4) is 0 Å². The fourth-order valence-electron chi connectivity index (χ4n) is 3.73. The quantitative estimate of drug-likeness (QED) is 0.441. The minimum atomic E-state index is -4.16. The van der Waals surface area contributed by atoms with Gasteiger partial charge in [-0.3, -0.25) is 9.78 Å². The van der Waals surface area contributed by atoms with Gasteiger partial charge in [-0.25, -0.2) is 13.1 Å². The summed E-state index contributed by atoms with van der Waals surface area (Å²) in [7, 11) is -2.76. The van der Waals surface area contributed by atoms with Crippen LogP contribution in [0.15, 0.2) is 78.0 Å². The lowest BCUT2D eigenvalue weighted by molar-refractivity contribution is 0.0981. The molecule has 0 saturated carbocycles. The van der Waals surface area contributed by atoms with Gasteiger partial charge in [0.2, 0.25) is 0 Å². The van der Waals surface area contributed by atoms with Crippen molar-refractivity contribution in [2.24, 2.45) is 0 Å². The molecular weight excluding hydrogens is 450 g/mol. The smallest absolute Gasteiger partial charge is 0.268 e. The van der Waals surface area contributed by atoms with Crippen molar-refractivity contribution in [1.29, 1.82) is 0 Å². The van der Waals surface area contributed by atoms with Crippen LogP contribution in [0.5, 0.6) is 5.75 Å². The van der Waals surface area contributed by atoms with Gasteiger partial charge < -0.3 is 9.30 Å². The van der Waals surface area contributed by atoms with Gasteiger partial charge in [0.05, 0.1) is 19.3 Å². The van der Waals surface area contributed by atoms with Gasteiger partial charge in [-0.1, -0.05) is 32.9 Å². The Morgan fingerprint density at radius 2 is 1.85 bits per heavy atom. The predicted octanol–water partition coefficient (Wildman–Crippen LogP) is 4.51. The third kappa shape index (κ3) is 4.82. The molecule has 0 spiro atoms. The minimum Gasteiger partial charge on any atom is -0.495 e. The number of nitrogens with zero attached hydrogens (tertiary/aromatic N) is 2. The molecule has 2 aromatic carbocycles. The zero-order chi connectivity index (χ0) is 24.5. The van der Waals surface area contributed by atoms with Crippen molar-refractivity contribution >= 4 is 26.8 Å². The lowest BCUT2D eigenvalue weighted by Gasteiger charge is -2.21. The van der Waals surface area contributed by atoms with E-state index in [1.54, 1.807) is 36.5 Å². The Bertz CT molecular complexity index is 1450. The number of rotatable bonds is 6. The Labute approximate surface area is 199 Å². The molecule has 4 rings (SSSR count). The fourth-order valence-corrected chi connectivity index (χ4v) is 4.90. The van der Waals surface area contributed by atoms with Crippen molar-refractivity contribution in [3.63, 3.8) is 0 Å². The number of methoxy groups -OCH3 is 1. The van der Waals surface area contributed by atoms with Gasteiger partial charge in [-0.15, -0.1) is 0 Å². The predicted molar refractivity (Wildman–Crippen MR) is 132 cm³/mol. The van der Waals surface area contributed by atoms with Gasteiger partial charge in [0.15, 0.2) is 0 Å². The Hall–Kier alpha value is -3.65. The van der Waals surface area contributed by atoms with E-state index in [4.69, 9.17) is 4.74 Å². The lowest BCUT2D eigenvalue weighted by atomic mass is 9.87. The molecule has 4 aromatic rings. The van der Waals surface area contributed by atoms with Crippen LogP contribution in [-0.2, 0) is 22.0 Å². The van der Waals surface area contributed by atoms with Crippen LogP contribution < -0.4 is 9.46 Å². The number of hydrogen-bond donors (Lipinski definition) is 1. The number of pyridine rings is 1. The van der Waals surface area contributed by atoms with Crippen molar-refractivity contribution in [1.82, 2.24) is 14.3 Å². The normalized spacial score (nSPS) is 12.0. The van der Waals surface area contributed by atoms with E-state index in [2.05, 4.69) is 9.71 Å². The van der Waals surface area contributed by atoms with E-state index in [0.29, 0.717) is 6.54 Å². The summed E-state index contributed by atoms with van der Waals surface area (Å²) >= 11 is 0.